The van der Waals surface area contributed by atoms with Crippen molar-refractivity contribution in [1.82, 2.24) is 0 Å². The molecule has 0 aromatic heterocycles. The summed E-state index contributed by atoms with van der Waals surface area (Å²) >= 11 is 5.94. The lowest BCUT2D eigenvalue weighted by Gasteiger charge is -2.13. The fourth-order valence-electron chi connectivity index (χ4n) is 2.08. The third-order valence-electron chi connectivity index (χ3n) is 3.32. The lowest BCUT2D eigenvalue weighted by atomic mass is 9.97. The summed E-state index contributed by atoms with van der Waals surface area (Å²) in [5.74, 6) is -0.662. The number of aryl methyl sites for hydroxylation is 1. The van der Waals surface area contributed by atoms with Gasteiger partial charge in [0.05, 0.1) is 23.3 Å². The van der Waals surface area contributed by atoms with E-state index in [9.17, 15) is 9.18 Å². The molecular weight excluding hydrogens is 279 g/mol. The molecule has 0 heterocycles. The minimum Gasteiger partial charge on any atom is -0.496 e. The van der Waals surface area contributed by atoms with Crippen molar-refractivity contribution in [2.75, 3.05) is 7.11 Å². The zero-order valence-electron chi connectivity index (χ0n) is 11.5. The van der Waals surface area contributed by atoms with Crippen LogP contribution in [0.1, 0.15) is 27.0 Å². The molecule has 0 amide bonds. The van der Waals surface area contributed by atoms with Crippen LogP contribution in [-0.4, -0.2) is 12.9 Å². The summed E-state index contributed by atoms with van der Waals surface area (Å²) in [5.41, 5.74) is 2.03. The molecule has 0 aliphatic rings. The first-order chi connectivity index (χ1) is 9.47. The van der Waals surface area contributed by atoms with E-state index in [4.69, 9.17) is 16.3 Å². The van der Waals surface area contributed by atoms with E-state index in [1.807, 2.05) is 13.8 Å². The summed E-state index contributed by atoms with van der Waals surface area (Å²) in [5, 5.41) is 0.0929. The molecular formula is C16H14ClFO2. The van der Waals surface area contributed by atoms with Gasteiger partial charge >= 0.3 is 0 Å². The van der Waals surface area contributed by atoms with Crippen molar-refractivity contribution in [3.05, 3.63) is 63.4 Å². The van der Waals surface area contributed by atoms with Gasteiger partial charge in [-0.2, -0.15) is 0 Å². The average Bonchev–Trinajstić information content (AvgIpc) is 2.41. The second-order valence-electron chi connectivity index (χ2n) is 4.51. The van der Waals surface area contributed by atoms with E-state index in [1.54, 1.807) is 12.1 Å². The molecule has 2 rings (SSSR count). The van der Waals surface area contributed by atoms with E-state index in [-0.39, 0.29) is 10.6 Å². The van der Waals surface area contributed by atoms with Crippen LogP contribution in [0.25, 0.3) is 0 Å². The summed E-state index contributed by atoms with van der Waals surface area (Å²) < 4.78 is 19.1. The third-order valence-corrected chi connectivity index (χ3v) is 3.63. The molecule has 0 atom stereocenters. The van der Waals surface area contributed by atoms with Crippen LogP contribution in [0.2, 0.25) is 5.02 Å². The number of methoxy groups -OCH3 is 1. The minimum atomic E-state index is -0.636. The number of ketones is 1. The monoisotopic (exact) mass is 292 g/mol. The molecule has 0 saturated carbocycles. The SMILES string of the molecule is COc1c(C(=O)c2c(F)cccc2Cl)ccc(C)c1C. The number of benzene rings is 2. The van der Waals surface area contributed by atoms with Crippen LogP contribution in [0.15, 0.2) is 30.3 Å². The Labute approximate surface area is 122 Å². The average molecular weight is 293 g/mol. The Morgan fingerprint density at radius 1 is 1.20 bits per heavy atom. The topological polar surface area (TPSA) is 26.3 Å². The van der Waals surface area contributed by atoms with Gasteiger partial charge in [-0.15, -0.1) is 0 Å². The van der Waals surface area contributed by atoms with Gasteiger partial charge in [0, 0.05) is 0 Å². The van der Waals surface area contributed by atoms with Gasteiger partial charge in [-0.3, -0.25) is 4.79 Å². The van der Waals surface area contributed by atoms with E-state index in [2.05, 4.69) is 0 Å². The number of hydrogen-bond acceptors (Lipinski definition) is 2. The summed E-state index contributed by atoms with van der Waals surface area (Å²) in [7, 11) is 1.49. The van der Waals surface area contributed by atoms with Crippen molar-refractivity contribution in [2.24, 2.45) is 0 Å². The molecule has 0 unspecified atom stereocenters. The van der Waals surface area contributed by atoms with Crippen molar-refractivity contribution in [2.45, 2.75) is 13.8 Å². The van der Waals surface area contributed by atoms with Crippen LogP contribution >= 0.6 is 11.6 Å². The minimum absolute atomic E-state index is 0.0929. The van der Waals surface area contributed by atoms with Crippen LogP contribution in [0.4, 0.5) is 4.39 Å². The summed E-state index contributed by atoms with van der Waals surface area (Å²) in [6.07, 6.45) is 0. The second-order valence-corrected chi connectivity index (χ2v) is 4.92. The Morgan fingerprint density at radius 3 is 2.50 bits per heavy atom. The molecule has 0 N–H and O–H groups in total. The molecule has 0 radical (unpaired) electrons. The molecule has 0 bridgehead atoms. The maximum Gasteiger partial charge on any atom is 0.201 e. The molecule has 4 heteroatoms. The van der Waals surface area contributed by atoms with Crippen LogP contribution in [0, 0.1) is 19.7 Å². The molecule has 0 aliphatic heterocycles. The number of halogens is 2. The smallest absolute Gasteiger partial charge is 0.201 e. The highest BCUT2D eigenvalue weighted by atomic mass is 35.5. The van der Waals surface area contributed by atoms with Crippen molar-refractivity contribution in [3.8, 4) is 5.75 Å². The van der Waals surface area contributed by atoms with Crippen molar-refractivity contribution in [3.63, 3.8) is 0 Å². The number of carbonyl (C=O) groups is 1. The fraction of sp³-hybridized carbons (Fsp3) is 0.188. The molecule has 0 aliphatic carbocycles. The van der Waals surface area contributed by atoms with Crippen molar-refractivity contribution >= 4 is 17.4 Å². The van der Waals surface area contributed by atoms with Gasteiger partial charge in [-0.05, 0) is 43.2 Å². The van der Waals surface area contributed by atoms with Gasteiger partial charge in [0.2, 0.25) is 5.78 Å². The Balaban J connectivity index is 2.63. The highest BCUT2D eigenvalue weighted by Crippen LogP contribution is 2.30. The third kappa shape index (κ3) is 2.41. The van der Waals surface area contributed by atoms with Crippen LogP contribution in [-0.2, 0) is 0 Å². The Kier molecular flexibility index (Phi) is 4.09. The quantitative estimate of drug-likeness (QED) is 0.787. The Morgan fingerprint density at radius 2 is 1.90 bits per heavy atom. The zero-order valence-corrected chi connectivity index (χ0v) is 12.2. The molecule has 0 fully saturated rings. The molecule has 2 aromatic carbocycles. The van der Waals surface area contributed by atoms with E-state index in [1.165, 1.54) is 25.3 Å². The van der Waals surface area contributed by atoms with Gasteiger partial charge in [-0.1, -0.05) is 23.7 Å². The summed E-state index contributed by atoms with van der Waals surface area (Å²) in [6.45, 7) is 3.77. The summed E-state index contributed by atoms with van der Waals surface area (Å²) in [6, 6.07) is 7.61. The van der Waals surface area contributed by atoms with Gasteiger partial charge in [0.25, 0.3) is 0 Å². The number of hydrogen-bond donors (Lipinski definition) is 0. The second kappa shape index (κ2) is 5.63. The molecule has 2 nitrogen and oxygen atoms in total. The standard InChI is InChI=1S/C16H14ClFO2/c1-9-7-8-11(16(20-3)10(9)2)15(19)14-12(17)5-4-6-13(14)18/h4-8H,1-3H3. The number of rotatable bonds is 3. The molecule has 0 spiro atoms. The molecule has 2 aromatic rings. The Bertz CT molecular complexity index is 660. The fourth-order valence-corrected chi connectivity index (χ4v) is 2.33. The van der Waals surface area contributed by atoms with Gasteiger partial charge < -0.3 is 4.74 Å². The maximum absolute atomic E-state index is 13.9. The predicted octanol–water partition coefficient (Wildman–Crippen LogP) is 4.34. The first-order valence-electron chi connectivity index (χ1n) is 6.10. The molecule has 104 valence electrons. The first-order valence-corrected chi connectivity index (χ1v) is 6.48. The first kappa shape index (κ1) is 14.5. The number of carbonyl (C=O) groups excluding carboxylic acids is 1. The largest absolute Gasteiger partial charge is 0.496 e. The van der Waals surface area contributed by atoms with Crippen molar-refractivity contribution in [1.29, 1.82) is 0 Å². The van der Waals surface area contributed by atoms with E-state index < -0.39 is 11.6 Å². The van der Waals surface area contributed by atoms with Gasteiger partial charge in [0.15, 0.2) is 0 Å². The normalized spacial score (nSPS) is 10.4. The van der Waals surface area contributed by atoms with Gasteiger partial charge in [0.1, 0.15) is 11.6 Å². The maximum atomic E-state index is 13.9. The van der Waals surface area contributed by atoms with Gasteiger partial charge in [-0.25, -0.2) is 4.39 Å². The van der Waals surface area contributed by atoms with Crippen LogP contribution < -0.4 is 4.74 Å². The zero-order chi connectivity index (χ0) is 14.9. The lowest BCUT2D eigenvalue weighted by Crippen LogP contribution is -2.08. The molecule has 0 saturated heterocycles. The predicted molar refractivity (Wildman–Crippen MR) is 77.3 cm³/mol. The van der Waals surface area contributed by atoms with Crippen LogP contribution in [0.3, 0.4) is 0 Å². The Hall–Kier alpha value is -1.87. The lowest BCUT2D eigenvalue weighted by molar-refractivity contribution is 0.103. The van der Waals surface area contributed by atoms with Crippen molar-refractivity contribution < 1.29 is 13.9 Å². The van der Waals surface area contributed by atoms with E-state index >= 15 is 0 Å². The molecule has 20 heavy (non-hydrogen) atoms. The highest BCUT2D eigenvalue weighted by molar-refractivity contribution is 6.35. The highest BCUT2D eigenvalue weighted by Gasteiger charge is 2.22. The van der Waals surface area contributed by atoms with E-state index in [0.717, 1.165) is 11.1 Å². The summed E-state index contributed by atoms with van der Waals surface area (Å²) in [4.78, 5) is 12.5. The van der Waals surface area contributed by atoms with E-state index in [0.29, 0.717) is 11.3 Å². The number of ether oxygens (including phenoxy) is 1. The van der Waals surface area contributed by atoms with Crippen LogP contribution in [0.5, 0.6) is 5.75 Å².